The summed E-state index contributed by atoms with van der Waals surface area (Å²) >= 11 is 0. The third kappa shape index (κ3) is 2.26. The number of amides is 1. The number of carbonyl (C=O) groups excluding carboxylic acids is 1. The Hall–Kier alpha value is -1.39. The Balaban J connectivity index is 1.60. The van der Waals surface area contributed by atoms with Crippen LogP contribution in [0.1, 0.15) is 24.0 Å². The summed E-state index contributed by atoms with van der Waals surface area (Å²) in [4.78, 5) is 12.1. The molecule has 1 unspecified atom stereocenters. The van der Waals surface area contributed by atoms with Gasteiger partial charge in [-0.15, -0.1) is 0 Å². The maximum atomic E-state index is 12.1. The van der Waals surface area contributed by atoms with Crippen molar-refractivity contribution in [3.8, 4) is 0 Å². The van der Waals surface area contributed by atoms with E-state index in [1.165, 1.54) is 11.1 Å². The Morgan fingerprint density at radius 3 is 2.72 bits per heavy atom. The van der Waals surface area contributed by atoms with Crippen molar-refractivity contribution in [1.82, 2.24) is 10.6 Å². The number of hydrogen-bond donors (Lipinski definition) is 3. The molecule has 4 heteroatoms. The third-order valence-corrected chi connectivity index (χ3v) is 3.86. The van der Waals surface area contributed by atoms with E-state index < -0.39 is 0 Å². The summed E-state index contributed by atoms with van der Waals surface area (Å²) in [6.45, 7) is 0.752. The summed E-state index contributed by atoms with van der Waals surface area (Å²) < 4.78 is 0. The lowest BCUT2D eigenvalue weighted by Gasteiger charge is -2.34. The predicted molar refractivity (Wildman–Crippen MR) is 67.9 cm³/mol. The molecule has 1 aliphatic carbocycles. The standard InChI is InChI=1S/C14H18N2O2/c17-12-6-11(7-12)16-14(18)13-5-9-3-1-2-4-10(9)8-15-13/h1-4,11-13,15,17H,5-8H2,(H,16,18). The zero-order chi connectivity index (χ0) is 12.5. The fourth-order valence-corrected chi connectivity index (χ4v) is 2.65. The summed E-state index contributed by atoms with van der Waals surface area (Å²) in [6.07, 6.45) is 1.90. The molecule has 3 N–H and O–H groups in total. The number of fused-ring (bicyclic) bond motifs is 1. The second kappa shape index (κ2) is 4.71. The molecule has 4 nitrogen and oxygen atoms in total. The molecule has 1 aromatic rings. The fourth-order valence-electron chi connectivity index (χ4n) is 2.65. The van der Waals surface area contributed by atoms with Crippen LogP contribution in [0, 0.1) is 0 Å². The summed E-state index contributed by atoms with van der Waals surface area (Å²) in [7, 11) is 0. The van der Waals surface area contributed by atoms with Gasteiger partial charge >= 0.3 is 0 Å². The number of rotatable bonds is 2. The van der Waals surface area contributed by atoms with Crippen LogP contribution in [0.4, 0.5) is 0 Å². The van der Waals surface area contributed by atoms with E-state index in [9.17, 15) is 9.90 Å². The molecule has 2 aliphatic rings. The van der Waals surface area contributed by atoms with Gasteiger partial charge in [-0.25, -0.2) is 0 Å². The molecule has 1 fully saturated rings. The molecule has 1 aromatic carbocycles. The van der Waals surface area contributed by atoms with Crippen molar-refractivity contribution in [2.24, 2.45) is 0 Å². The zero-order valence-electron chi connectivity index (χ0n) is 10.2. The van der Waals surface area contributed by atoms with Crippen LogP contribution in [0.2, 0.25) is 0 Å². The molecule has 3 rings (SSSR count). The van der Waals surface area contributed by atoms with E-state index in [4.69, 9.17) is 0 Å². The van der Waals surface area contributed by atoms with Crippen molar-refractivity contribution >= 4 is 5.91 Å². The minimum atomic E-state index is -0.227. The molecular formula is C14H18N2O2. The van der Waals surface area contributed by atoms with Crippen molar-refractivity contribution in [2.75, 3.05) is 0 Å². The summed E-state index contributed by atoms with van der Waals surface area (Å²) in [5, 5.41) is 15.5. The number of carbonyl (C=O) groups is 1. The molecule has 18 heavy (non-hydrogen) atoms. The molecule has 1 amide bonds. The van der Waals surface area contributed by atoms with Crippen molar-refractivity contribution in [3.05, 3.63) is 35.4 Å². The van der Waals surface area contributed by atoms with Crippen LogP contribution in [-0.2, 0) is 17.8 Å². The van der Waals surface area contributed by atoms with Gasteiger partial charge in [-0.3, -0.25) is 4.79 Å². The number of benzene rings is 1. The van der Waals surface area contributed by atoms with Gasteiger partial charge in [0.05, 0.1) is 12.1 Å². The summed E-state index contributed by atoms with van der Waals surface area (Å²) in [6, 6.07) is 8.24. The van der Waals surface area contributed by atoms with E-state index in [0.29, 0.717) is 12.8 Å². The second-order valence-corrected chi connectivity index (χ2v) is 5.24. The molecule has 0 aromatic heterocycles. The minimum Gasteiger partial charge on any atom is -0.393 e. The van der Waals surface area contributed by atoms with E-state index in [1.807, 2.05) is 12.1 Å². The Bertz CT molecular complexity index is 455. The van der Waals surface area contributed by atoms with Crippen LogP contribution in [-0.4, -0.2) is 29.2 Å². The maximum absolute atomic E-state index is 12.1. The summed E-state index contributed by atoms with van der Waals surface area (Å²) in [5.74, 6) is 0.0569. The first-order valence-corrected chi connectivity index (χ1v) is 6.51. The SMILES string of the molecule is O=C(NC1CC(O)C1)C1Cc2ccccc2CN1. The van der Waals surface area contributed by atoms with Gasteiger partial charge in [-0.05, 0) is 30.4 Å². The van der Waals surface area contributed by atoms with E-state index in [0.717, 1.165) is 13.0 Å². The highest BCUT2D eigenvalue weighted by atomic mass is 16.3. The van der Waals surface area contributed by atoms with Crippen LogP contribution in [0.25, 0.3) is 0 Å². The second-order valence-electron chi connectivity index (χ2n) is 5.24. The average molecular weight is 246 g/mol. The van der Waals surface area contributed by atoms with E-state index >= 15 is 0 Å². The van der Waals surface area contributed by atoms with Crippen LogP contribution in [0.5, 0.6) is 0 Å². The molecule has 0 saturated heterocycles. The van der Waals surface area contributed by atoms with Crippen LogP contribution >= 0.6 is 0 Å². The Kier molecular flexibility index (Phi) is 3.06. The van der Waals surface area contributed by atoms with Crippen molar-refractivity contribution in [3.63, 3.8) is 0 Å². The first-order chi connectivity index (χ1) is 8.72. The lowest BCUT2D eigenvalue weighted by Crippen LogP contribution is -2.54. The largest absolute Gasteiger partial charge is 0.393 e. The zero-order valence-corrected chi connectivity index (χ0v) is 10.2. The van der Waals surface area contributed by atoms with Gasteiger partial charge in [0.25, 0.3) is 0 Å². The number of nitrogens with one attached hydrogen (secondary N) is 2. The third-order valence-electron chi connectivity index (χ3n) is 3.86. The molecule has 0 spiro atoms. The molecule has 96 valence electrons. The van der Waals surface area contributed by atoms with Gasteiger partial charge in [0.15, 0.2) is 0 Å². The van der Waals surface area contributed by atoms with Gasteiger partial charge in [0, 0.05) is 12.6 Å². The molecule has 1 aliphatic heterocycles. The van der Waals surface area contributed by atoms with Crippen LogP contribution < -0.4 is 10.6 Å². The van der Waals surface area contributed by atoms with Gasteiger partial charge in [-0.2, -0.15) is 0 Å². The first-order valence-electron chi connectivity index (χ1n) is 6.51. The quantitative estimate of drug-likeness (QED) is 0.705. The van der Waals surface area contributed by atoms with Crippen molar-refractivity contribution in [1.29, 1.82) is 0 Å². The minimum absolute atomic E-state index is 0.0569. The Morgan fingerprint density at radius 2 is 2.00 bits per heavy atom. The molecular weight excluding hydrogens is 228 g/mol. The monoisotopic (exact) mass is 246 g/mol. The molecule has 1 saturated carbocycles. The predicted octanol–water partition coefficient (Wildman–Crippen LogP) is 0.340. The topological polar surface area (TPSA) is 61.4 Å². The lowest BCUT2D eigenvalue weighted by atomic mass is 9.88. The maximum Gasteiger partial charge on any atom is 0.237 e. The molecule has 0 bridgehead atoms. The smallest absolute Gasteiger partial charge is 0.237 e. The van der Waals surface area contributed by atoms with E-state index in [1.54, 1.807) is 0 Å². The van der Waals surface area contributed by atoms with Crippen molar-refractivity contribution < 1.29 is 9.90 Å². The number of aliphatic hydroxyl groups excluding tert-OH is 1. The molecule has 1 heterocycles. The Morgan fingerprint density at radius 1 is 1.28 bits per heavy atom. The highest BCUT2D eigenvalue weighted by Gasteiger charge is 2.31. The summed E-state index contributed by atoms with van der Waals surface area (Å²) in [5.41, 5.74) is 2.53. The highest BCUT2D eigenvalue weighted by Crippen LogP contribution is 2.20. The van der Waals surface area contributed by atoms with Gasteiger partial charge in [0.1, 0.15) is 0 Å². The fraction of sp³-hybridized carbons (Fsp3) is 0.500. The molecule has 0 radical (unpaired) electrons. The number of hydrogen-bond acceptors (Lipinski definition) is 3. The van der Waals surface area contributed by atoms with Gasteiger partial charge in [-0.1, -0.05) is 24.3 Å². The van der Waals surface area contributed by atoms with E-state index in [2.05, 4.69) is 22.8 Å². The van der Waals surface area contributed by atoms with Gasteiger partial charge in [0.2, 0.25) is 5.91 Å². The number of aliphatic hydroxyl groups is 1. The lowest BCUT2D eigenvalue weighted by molar-refractivity contribution is -0.125. The first kappa shape index (κ1) is 11.7. The molecule has 1 atom stereocenters. The Labute approximate surface area is 106 Å². The highest BCUT2D eigenvalue weighted by molar-refractivity contribution is 5.82. The van der Waals surface area contributed by atoms with Crippen LogP contribution in [0.3, 0.4) is 0 Å². The average Bonchev–Trinajstić information content (AvgIpc) is 2.36. The van der Waals surface area contributed by atoms with Crippen LogP contribution in [0.15, 0.2) is 24.3 Å². The van der Waals surface area contributed by atoms with Gasteiger partial charge < -0.3 is 15.7 Å². The van der Waals surface area contributed by atoms with E-state index in [-0.39, 0.29) is 24.1 Å². The normalized spacial score (nSPS) is 30.2. The van der Waals surface area contributed by atoms with Crippen molar-refractivity contribution in [2.45, 2.75) is 44.0 Å².